The van der Waals surface area contributed by atoms with E-state index in [1.807, 2.05) is 29.8 Å². The van der Waals surface area contributed by atoms with Gasteiger partial charge in [-0.25, -0.2) is 4.98 Å². The molecular weight excluding hydrogens is 258 g/mol. The van der Waals surface area contributed by atoms with E-state index in [2.05, 4.69) is 24.1 Å². The van der Waals surface area contributed by atoms with Gasteiger partial charge in [0.25, 0.3) is 0 Å². The third-order valence-electron chi connectivity index (χ3n) is 3.00. The fourth-order valence-electron chi connectivity index (χ4n) is 1.83. The Hall–Kier alpha value is -1.59. The normalized spacial score (nSPS) is 11.5. The van der Waals surface area contributed by atoms with Gasteiger partial charge in [0, 0.05) is 35.4 Å². The van der Waals surface area contributed by atoms with E-state index in [-0.39, 0.29) is 5.54 Å². The molecule has 2 aromatic rings. The first kappa shape index (κ1) is 13.8. The summed E-state index contributed by atoms with van der Waals surface area (Å²) in [6, 6.07) is 5.71. The molecule has 0 aliphatic heterocycles. The van der Waals surface area contributed by atoms with Crippen LogP contribution in [-0.4, -0.2) is 12.1 Å². The highest BCUT2D eigenvalue weighted by atomic mass is 32.1. The topological polar surface area (TPSA) is 60.2 Å². The van der Waals surface area contributed by atoms with Crippen molar-refractivity contribution in [2.75, 3.05) is 12.8 Å². The standard InChI is InChI=1S/C14H19N3OS/c1-14(2,13-16-6-7-19-13)17-9-10-4-5-11(15)8-12(10)18-3/h4-8,17H,9,15H2,1-3H3. The lowest BCUT2D eigenvalue weighted by Crippen LogP contribution is -2.35. The third-order valence-corrected chi connectivity index (χ3v) is 4.10. The van der Waals surface area contributed by atoms with Crippen LogP contribution in [0.4, 0.5) is 5.69 Å². The largest absolute Gasteiger partial charge is 0.496 e. The van der Waals surface area contributed by atoms with E-state index in [1.54, 1.807) is 18.4 Å². The SMILES string of the molecule is COc1cc(N)ccc1CNC(C)(C)c1nccs1. The molecule has 102 valence electrons. The van der Waals surface area contributed by atoms with Crippen LogP contribution in [0, 0.1) is 0 Å². The summed E-state index contributed by atoms with van der Waals surface area (Å²) in [5, 5.41) is 6.56. The average molecular weight is 277 g/mol. The van der Waals surface area contributed by atoms with Gasteiger partial charge in [-0.15, -0.1) is 11.3 Å². The number of methoxy groups -OCH3 is 1. The molecule has 1 heterocycles. The molecule has 1 aromatic heterocycles. The predicted molar refractivity (Wildman–Crippen MR) is 79.4 cm³/mol. The van der Waals surface area contributed by atoms with Crippen LogP contribution in [0.1, 0.15) is 24.4 Å². The van der Waals surface area contributed by atoms with Gasteiger partial charge in [0.15, 0.2) is 0 Å². The van der Waals surface area contributed by atoms with Crippen LogP contribution in [0.15, 0.2) is 29.8 Å². The summed E-state index contributed by atoms with van der Waals surface area (Å²) in [7, 11) is 1.66. The summed E-state index contributed by atoms with van der Waals surface area (Å²) in [5.74, 6) is 0.808. The second kappa shape index (κ2) is 5.59. The molecule has 19 heavy (non-hydrogen) atoms. The molecule has 0 aliphatic carbocycles. The van der Waals surface area contributed by atoms with Crippen molar-refractivity contribution < 1.29 is 4.74 Å². The molecule has 0 atom stereocenters. The maximum absolute atomic E-state index is 5.75. The number of nitrogens with one attached hydrogen (secondary N) is 1. The molecule has 0 spiro atoms. The molecule has 0 bridgehead atoms. The van der Waals surface area contributed by atoms with Crippen molar-refractivity contribution >= 4 is 17.0 Å². The van der Waals surface area contributed by atoms with E-state index in [9.17, 15) is 0 Å². The molecule has 0 unspecified atom stereocenters. The van der Waals surface area contributed by atoms with Crippen LogP contribution >= 0.6 is 11.3 Å². The second-order valence-corrected chi connectivity index (χ2v) is 5.78. The Bertz CT molecular complexity index is 538. The van der Waals surface area contributed by atoms with Crippen LogP contribution in [0.3, 0.4) is 0 Å². The molecule has 0 saturated heterocycles. The quantitative estimate of drug-likeness (QED) is 0.825. The molecule has 0 fully saturated rings. The van der Waals surface area contributed by atoms with Gasteiger partial charge < -0.3 is 15.8 Å². The van der Waals surface area contributed by atoms with Gasteiger partial charge in [0.1, 0.15) is 10.8 Å². The summed E-state index contributed by atoms with van der Waals surface area (Å²) in [6.45, 7) is 4.95. The maximum atomic E-state index is 5.75. The van der Waals surface area contributed by atoms with E-state index in [1.165, 1.54) is 0 Å². The number of aromatic nitrogens is 1. The molecule has 4 nitrogen and oxygen atoms in total. The predicted octanol–water partition coefficient (Wildman–Crippen LogP) is 2.76. The molecule has 0 radical (unpaired) electrons. The lowest BCUT2D eigenvalue weighted by molar-refractivity contribution is 0.380. The minimum atomic E-state index is -0.166. The van der Waals surface area contributed by atoms with E-state index in [4.69, 9.17) is 10.5 Å². The number of hydrogen-bond acceptors (Lipinski definition) is 5. The van der Waals surface area contributed by atoms with E-state index < -0.39 is 0 Å². The first-order valence-electron chi connectivity index (χ1n) is 6.10. The first-order valence-corrected chi connectivity index (χ1v) is 6.98. The third kappa shape index (κ3) is 3.24. The van der Waals surface area contributed by atoms with Gasteiger partial charge in [-0.2, -0.15) is 0 Å². The molecule has 0 amide bonds. The zero-order valence-corrected chi connectivity index (χ0v) is 12.3. The number of rotatable bonds is 5. The Morgan fingerprint density at radius 3 is 2.84 bits per heavy atom. The Kier molecular flexibility index (Phi) is 4.07. The Balaban J connectivity index is 2.10. The molecule has 0 aliphatic rings. The average Bonchev–Trinajstić information content (AvgIpc) is 2.91. The van der Waals surface area contributed by atoms with Crippen LogP contribution in [0.25, 0.3) is 0 Å². The molecule has 3 N–H and O–H groups in total. The Morgan fingerprint density at radius 1 is 1.42 bits per heavy atom. The first-order chi connectivity index (χ1) is 9.03. The second-order valence-electron chi connectivity index (χ2n) is 4.89. The minimum Gasteiger partial charge on any atom is -0.496 e. The lowest BCUT2D eigenvalue weighted by atomic mass is 10.1. The zero-order chi connectivity index (χ0) is 13.9. The van der Waals surface area contributed by atoms with E-state index in [0.29, 0.717) is 12.2 Å². The van der Waals surface area contributed by atoms with Crippen LogP contribution in [-0.2, 0) is 12.1 Å². The van der Waals surface area contributed by atoms with Gasteiger partial charge in [-0.3, -0.25) is 0 Å². The minimum absolute atomic E-state index is 0.166. The summed E-state index contributed by atoms with van der Waals surface area (Å²) in [6.07, 6.45) is 1.83. The van der Waals surface area contributed by atoms with Gasteiger partial charge in [0.2, 0.25) is 0 Å². The molecule has 1 aromatic carbocycles. The van der Waals surface area contributed by atoms with Gasteiger partial charge in [0.05, 0.1) is 12.6 Å². The molecular formula is C14H19N3OS. The number of benzene rings is 1. The zero-order valence-electron chi connectivity index (χ0n) is 11.4. The van der Waals surface area contributed by atoms with Crippen LogP contribution in [0.2, 0.25) is 0 Å². The van der Waals surface area contributed by atoms with E-state index >= 15 is 0 Å². The molecule has 5 heteroatoms. The van der Waals surface area contributed by atoms with Crippen molar-refractivity contribution in [2.24, 2.45) is 0 Å². The van der Waals surface area contributed by atoms with Gasteiger partial charge in [-0.1, -0.05) is 6.07 Å². The molecule has 2 rings (SSSR count). The number of nitrogen functional groups attached to an aromatic ring is 1. The summed E-state index contributed by atoms with van der Waals surface area (Å²) in [4.78, 5) is 4.36. The summed E-state index contributed by atoms with van der Waals surface area (Å²) >= 11 is 1.65. The van der Waals surface area contributed by atoms with Crippen LogP contribution < -0.4 is 15.8 Å². The number of nitrogens with zero attached hydrogens (tertiary/aromatic N) is 1. The highest BCUT2D eigenvalue weighted by Crippen LogP contribution is 2.25. The Labute approximate surface area is 117 Å². The summed E-state index contributed by atoms with van der Waals surface area (Å²) < 4.78 is 5.35. The van der Waals surface area contributed by atoms with Crippen molar-refractivity contribution in [3.8, 4) is 5.75 Å². The van der Waals surface area contributed by atoms with Crippen molar-refractivity contribution in [3.05, 3.63) is 40.3 Å². The smallest absolute Gasteiger partial charge is 0.125 e. The highest BCUT2D eigenvalue weighted by molar-refractivity contribution is 7.09. The molecule has 0 saturated carbocycles. The Morgan fingerprint density at radius 2 is 2.21 bits per heavy atom. The fourth-order valence-corrected chi connectivity index (χ4v) is 2.57. The van der Waals surface area contributed by atoms with E-state index in [0.717, 1.165) is 16.3 Å². The number of nitrogens with two attached hydrogens (primary N) is 1. The van der Waals surface area contributed by atoms with Crippen LogP contribution in [0.5, 0.6) is 5.75 Å². The van der Waals surface area contributed by atoms with Crippen molar-refractivity contribution in [2.45, 2.75) is 25.9 Å². The highest BCUT2D eigenvalue weighted by Gasteiger charge is 2.22. The number of hydrogen-bond donors (Lipinski definition) is 2. The van der Waals surface area contributed by atoms with Crippen molar-refractivity contribution in [1.29, 1.82) is 0 Å². The fraction of sp³-hybridized carbons (Fsp3) is 0.357. The lowest BCUT2D eigenvalue weighted by Gasteiger charge is -2.24. The number of thiazole rings is 1. The maximum Gasteiger partial charge on any atom is 0.125 e. The number of anilines is 1. The van der Waals surface area contributed by atoms with Gasteiger partial charge in [-0.05, 0) is 19.9 Å². The summed E-state index contributed by atoms with van der Waals surface area (Å²) in [5.41, 5.74) is 7.38. The number of ether oxygens (including phenoxy) is 1. The van der Waals surface area contributed by atoms with Crippen molar-refractivity contribution in [1.82, 2.24) is 10.3 Å². The van der Waals surface area contributed by atoms with Gasteiger partial charge >= 0.3 is 0 Å². The monoisotopic (exact) mass is 277 g/mol. The van der Waals surface area contributed by atoms with Crippen molar-refractivity contribution in [3.63, 3.8) is 0 Å².